The number of hydrogen-bond acceptors (Lipinski definition) is 4. The van der Waals surface area contributed by atoms with Crippen molar-refractivity contribution in [3.05, 3.63) is 66.5 Å². The molecule has 1 unspecified atom stereocenters. The van der Waals surface area contributed by atoms with Crippen molar-refractivity contribution in [3.63, 3.8) is 0 Å². The summed E-state index contributed by atoms with van der Waals surface area (Å²) in [4.78, 5) is 14.8. The summed E-state index contributed by atoms with van der Waals surface area (Å²) < 4.78 is 11.0. The third-order valence-electron chi connectivity index (χ3n) is 5.28. The predicted molar refractivity (Wildman–Crippen MR) is 111 cm³/mol. The van der Waals surface area contributed by atoms with Crippen LogP contribution in [-0.4, -0.2) is 41.3 Å². The molecule has 0 spiro atoms. The zero-order valence-corrected chi connectivity index (χ0v) is 16.5. The summed E-state index contributed by atoms with van der Waals surface area (Å²) in [7, 11) is 1.66. The van der Waals surface area contributed by atoms with E-state index < -0.39 is 0 Å². The number of aromatic amines is 1. The number of nitrogens with zero attached hydrogens (tertiary/aromatic N) is 2. The van der Waals surface area contributed by atoms with Crippen molar-refractivity contribution in [2.24, 2.45) is 0 Å². The van der Waals surface area contributed by atoms with Gasteiger partial charge in [-0.2, -0.15) is 5.10 Å². The van der Waals surface area contributed by atoms with Crippen LogP contribution in [0.1, 0.15) is 31.0 Å². The summed E-state index contributed by atoms with van der Waals surface area (Å²) in [6.07, 6.45) is 4.08. The van der Waals surface area contributed by atoms with Gasteiger partial charge in [0.1, 0.15) is 11.5 Å². The highest BCUT2D eigenvalue weighted by Crippen LogP contribution is 2.37. The minimum absolute atomic E-state index is 0.00271. The Bertz CT molecular complexity index is 955. The lowest BCUT2D eigenvalue weighted by atomic mass is 10.0. The second-order valence-electron chi connectivity index (χ2n) is 7.09. The molecule has 0 aliphatic carbocycles. The summed E-state index contributed by atoms with van der Waals surface area (Å²) in [6, 6.07) is 17.5. The quantitative estimate of drug-likeness (QED) is 0.655. The number of para-hydroxylation sites is 1. The summed E-state index contributed by atoms with van der Waals surface area (Å²) in [5.74, 6) is 1.69. The van der Waals surface area contributed by atoms with Crippen LogP contribution in [0.15, 0.2) is 60.8 Å². The van der Waals surface area contributed by atoms with Crippen LogP contribution in [0.5, 0.6) is 11.5 Å². The highest BCUT2D eigenvalue weighted by Gasteiger charge is 2.32. The second kappa shape index (κ2) is 8.82. The molecule has 0 radical (unpaired) electrons. The Morgan fingerprint density at radius 1 is 1.17 bits per heavy atom. The van der Waals surface area contributed by atoms with Crippen LogP contribution in [0.3, 0.4) is 0 Å². The molecule has 6 nitrogen and oxygen atoms in total. The Kier molecular flexibility index (Phi) is 5.79. The lowest BCUT2D eigenvalue weighted by Crippen LogP contribution is -2.32. The number of benzene rings is 2. The lowest BCUT2D eigenvalue weighted by molar-refractivity contribution is -0.132. The molecule has 4 rings (SSSR count). The van der Waals surface area contributed by atoms with Crippen LogP contribution >= 0.6 is 0 Å². The van der Waals surface area contributed by atoms with E-state index in [-0.39, 0.29) is 11.9 Å². The van der Waals surface area contributed by atoms with Gasteiger partial charge in [0, 0.05) is 12.1 Å². The number of nitrogens with one attached hydrogen (secondary N) is 1. The van der Waals surface area contributed by atoms with E-state index in [1.165, 1.54) is 0 Å². The highest BCUT2D eigenvalue weighted by atomic mass is 16.5. The first-order valence-electron chi connectivity index (χ1n) is 9.91. The Hall–Kier alpha value is -3.28. The van der Waals surface area contributed by atoms with Crippen molar-refractivity contribution in [1.29, 1.82) is 0 Å². The topological polar surface area (TPSA) is 67.5 Å². The monoisotopic (exact) mass is 391 g/mol. The maximum Gasteiger partial charge on any atom is 0.226 e. The molecule has 2 aromatic carbocycles. The van der Waals surface area contributed by atoms with Gasteiger partial charge < -0.3 is 14.4 Å². The van der Waals surface area contributed by atoms with E-state index in [1.54, 1.807) is 7.11 Å². The van der Waals surface area contributed by atoms with Gasteiger partial charge in [0.2, 0.25) is 5.91 Å². The van der Waals surface area contributed by atoms with E-state index in [4.69, 9.17) is 9.47 Å². The van der Waals surface area contributed by atoms with Crippen LogP contribution < -0.4 is 9.47 Å². The summed E-state index contributed by atoms with van der Waals surface area (Å²) in [5, 5.41) is 7.40. The Morgan fingerprint density at radius 2 is 2.00 bits per heavy atom. The van der Waals surface area contributed by atoms with Gasteiger partial charge in [0.25, 0.3) is 0 Å². The van der Waals surface area contributed by atoms with Gasteiger partial charge in [-0.1, -0.05) is 30.3 Å². The molecule has 1 saturated heterocycles. The molecule has 1 aliphatic rings. The molecule has 0 bridgehead atoms. The molecule has 2 heterocycles. The molecule has 3 aromatic rings. The van der Waals surface area contributed by atoms with Crippen molar-refractivity contribution in [1.82, 2.24) is 15.1 Å². The molecular weight excluding hydrogens is 366 g/mol. The number of aromatic nitrogens is 2. The van der Waals surface area contributed by atoms with Crippen molar-refractivity contribution >= 4 is 5.91 Å². The van der Waals surface area contributed by atoms with Crippen LogP contribution in [0.25, 0.3) is 11.1 Å². The third-order valence-corrected chi connectivity index (χ3v) is 5.28. The minimum Gasteiger partial charge on any atom is -0.497 e. The number of hydrogen-bond donors (Lipinski definition) is 1. The van der Waals surface area contributed by atoms with E-state index in [0.717, 1.165) is 47.7 Å². The normalized spacial score (nSPS) is 16.0. The van der Waals surface area contributed by atoms with Gasteiger partial charge in [-0.05, 0) is 42.7 Å². The Balaban J connectivity index is 1.46. The number of H-pyrrole nitrogens is 1. The molecular formula is C23H25N3O3. The molecule has 29 heavy (non-hydrogen) atoms. The zero-order valence-electron chi connectivity index (χ0n) is 16.5. The first kappa shape index (κ1) is 19.1. The van der Waals surface area contributed by atoms with Gasteiger partial charge in [0.15, 0.2) is 0 Å². The number of carbonyl (C=O) groups excluding carboxylic acids is 1. The van der Waals surface area contributed by atoms with E-state index in [2.05, 4.69) is 10.2 Å². The Labute approximate surface area is 170 Å². The van der Waals surface area contributed by atoms with Crippen molar-refractivity contribution in [2.45, 2.75) is 25.3 Å². The van der Waals surface area contributed by atoms with Gasteiger partial charge in [-0.15, -0.1) is 0 Å². The fraction of sp³-hybridized carbons (Fsp3) is 0.304. The first-order valence-corrected chi connectivity index (χ1v) is 9.91. The molecule has 0 saturated carbocycles. The number of amides is 1. The fourth-order valence-electron chi connectivity index (χ4n) is 3.85. The molecule has 1 fully saturated rings. The van der Waals surface area contributed by atoms with Crippen molar-refractivity contribution < 1.29 is 14.3 Å². The van der Waals surface area contributed by atoms with Crippen LogP contribution in [0, 0.1) is 0 Å². The largest absolute Gasteiger partial charge is 0.497 e. The van der Waals surface area contributed by atoms with Crippen molar-refractivity contribution in [2.75, 3.05) is 20.3 Å². The van der Waals surface area contributed by atoms with E-state index >= 15 is 0 Å². The smallest absolute Gasteiger partial charge is 0.226 e. The molecule has 1 atom stereocenters. The number of rotatable bonds is 7. The molecule has 1 aromatic heterocycles. The number of methoxy groups -OCH3 is 1. The van der Waals surface area contributed by atoms with Gasteiger partial charge in [-0.25, -0.2) is 0 Å². The third kappa shape index (κ3) is 4.26. The average molecular weight is 391 g/mol. The molecule has 150 valence electrons. The SMILES string of the molecule is COc1cccc(-c2cn[nH]c2C2CCCN2C(=O)CCOc2ccccc2)c1. The van der Waals surface area contributed by atoms with Gasteiger partial charge >= 0.3 is 0 Å². The molecule has 1 N–H and O–H groups in total. The number of carbonyl (C=O) groups is 1. The van der Waals surface area contributed by atoms with E-state index in [9.17, 15) is 4.79 Å². The minimum atomic E-state index is 0.00271. The Morgan fingerprint density at radius 3 is 2.83 bits per heavy atom. The molecule has 1 aliphatic heterocycles. The highest BCUT2D eigenvalue weighted by molar-refractivity contribution is 5.78. The fourth-order valence-corrected chi connectivity index (χ4v) is 3.85. The summed E-state index contributed by atoms with van der Waals surface area (Å²) in [6.45, 7) is 1.13. The van der Waals surface area contributed by atoms with Gasteiger partial charge in [0.05, 0.1) is 38.1 Å². The van der Waals surface area contributed by atoms with Crippen LogP contribution in [0.4, 0.5) is 0 Å². The summed E-state index contributed by atoms with van der Waals surface area (Å²) >= 11 is 0. The number of ether oxygens (including phenoxy) is 2. The lowest BCUT2D eigenvalue weighted by Gasteiger charge is -2.25. The average Bonchev–Trinajstić information content (AvgIpc) is 3.43. The van der Waals surface area contributed by atoms with Gasteiger partial charge in [-0.3, -0.25) is 9.89 Å². The standard InChI is InChI=1S/C23H25N3O3/c1-28-19-10-5-7-17(15-19)20-16-24-25-23(20)21-11-6-13-26(21)22(27)12-14-29-18-8-3-2-4-9-18/h2-5,7-10,15-16,21H,6,11-14H2,1H3,(H,24,25). The first-order chi connectivity index (χ1) is 14.3. The number of likely N-dealkylation sites (tertiary alicyclic amines) is 1. The summed E-state index contributed by atoms with van der Waals surface area (Å²) in [5.41, 5.74) is 3.02. The maximum absolute atomic E-state index is 12.9. The zero-order chi connectivity index (χ0) is 20.1. The van der Waals surface area contributed by atoms with E-state index in [0.29, 0.717) is 13.0 Å². The maximum atomic E-state index is 12.9. The predicted octanol–water partition coefficient (Wildman–Crippen LogP) is 4.22. The molecule has 6 heteroatoms. The van der Waals surface area contributed by atoms with Crippen LogP contribution in [-0.2, 0) is 4.79 Å². The van der Waals surface area contributed by atoms with Crippen molar-refractivity contribution in [3.8, 4) is 22.6 Å². The molecule has 1 amide bonds. The second-order valence-corrected chi connectivity index (χ2v) is 7.09. The van der Waals surface area contributed by atoms with E-state index in [1.807, 2.05) is 65.7 Å². The van der Waals surface area contributed by atoms with Crippen LogP contribution in [0.2, 0.25) is 0 Å².